The summed E-state index contributed by atoms with van der Waals surface area (Å²) >= 11 is 1.71. The van der Waals surface area contributed by atoms with Crippen LogP contribution in [-0.4, -0.2) is 40.8 Å². The Kier molecular flexibility index (Phi) is 5.87. The summed E-state index contributed by atoms with van der Waals surface area (Å²) in [7, 11) is 0. The fourth-order valence-corrected chi connectivity index (χ4v) is 3.20. The average Bonchev–Trinajstić information content (AvgIpc) is 3.02. The van der Waals surface area contributed by atoms with Crippen molar-refractivity contribution in [2.24, 2.45) is 4.99 Å². The lowest BCUT2D eigenvalue weighted by Crippen LogP contribution is -2.25. The van der Waals surface area contributed by atoms with Crippen molar-refractivity contribution in [1.82, 2.24) is 4.90 Å². The van der Waals surface area contributed by atoms with Crippen molar-refractivity contribution < 1.29 is 9.90 Å². The van der Waals surface area contributed by atoms with E-state index in [0.29, 0.717) is 12.1 Å². The smallest absolute Gasteiger partial charge is 0.335 e. The fraction of sp³-hybridized carbons (Fsp3) is 0.375. The SMILES string of the molecule is C=CCN=C(SCc1ccc(C(=O)O)cc1)N1CCCC1. The molecule has 1 N–H and O–H groups in total. The second-order valence-corrected chi connectivity index (χ2v) is 5.84. The molecule has 5 heteroatoms. The molecule has 0 saturated carbocycles. The first-order valence-corrected chi connectivity index (χ1v) is 8.04. The average molecular weight is 304 g/mol. The molecule has 0 unspecified atom stereocenters. The van der Waals surface area contributed by atoms with Gasteiger partial charge in [-0.1, -0.05) is 30.0 Å². The van der Waals surface area contributed by atoms with Gasteiger partial charge in [-0.15, -0.1) is 6.58 Å². The number of thioether (sulfide) groups is 1. The summed E-state index contributed by atoms with van der Waals surface area (Å²) in [5, 5.41) is 9.96. The minimum absolute atomic E-state index is 0.323. The minimum atomic E-state index is -0.889. The van der Waals surface area contributed by atoms with E-state index in [2.05, 4.69) is 16.5 Å². The zero-order valence-corrected chi connectivity index (χ0v) is 12.8. The van der Waals surface area contributed by atoms with Gasteiger partial charge in [-0.05, 0) is 30.5 Å². The maximum absolute atomic E-state index is 10.8. The zero-order chi connectivity index (χ0) is 15.1. The molecule has 0 atom stereocenters. The second-order valence-electron chi connectivity index (χ2n) is 4.90. The fourth-order valence-electron chi connectivity index (χ4n) is 2.18. The van der Waals surface area contributed by atoms with Crippen molar-refractivity contribution in [1.29, 1.82) is 0 Å². The Morgan fingerprint density at radius 1 is 1.33 bits per heavy atom. The summed E-state index contributed by atoms with van der Waals surface area (Å²) in [5.74, 6) is -0.0914. The van der Waals surface area contributed by atoms with E-state index in [1.807, 2.05) is 12.1 Å². The largest absolute Gasteiger partial charge is 0.478 e. The zero-order valence-electron chi connectivity index (χ0n) is 12.0. The van der Waals surface area contributed by atoms with Crippen molar-refractivity contribution in [3.8, 4) is 0 Å². The van der Waals surface area contributed by atoms with Crippen LogP contribution in [-0.2, 0) is 5.75 Å². The Balaban J connectivity index is 1.97. The Bertz CT molecular complexity index is 520. The van der Waals surface area contributed by atoms with E-state index in [4.69, 9.17) is 5.11 Å². The van der Waals surface area contributed by atoms with Crippen LogP contribution in [0.15, 0.2) is 41.9 Å². The summed E-state index contributed by atoms with van der Waals surface area (Å²) in [5.41, 5.74) is 1.43. The molecule has 1 aromatic rings. The molecule has 1 aliphatic rings. The van der Waals surface area contributed by atoms with E-state index in [-0.39, 0.29) is 0 Å². The number of benzene rings is 1. The summed E-state index contributed by atoms with van der Waals surface area (Å²) in [6.45, 7) is 6.49. The third kappa shape index (κ3) is 4.63. The van der Waals surface area contributed by atoms with Crippen molar-refractivity contribution in [2.75, 3.05) is 19.6 Å². The molecule has 2 rings (SSSR count). The molecule has 112 valence electrons. The Hall–Kier alpha value is -1.75. The van der Waals surface area contributed by atoms with Crippen LogP contribution in [0, 0.1) is 0 Å². The quantitative estimate of drug-likeness (QED) is 0.515. The third-order valence-electron chi connectivity index (χ3n) is 3.30. The molecule has 0 amide bonds. The summed E-state index contributed by atoms with van der Waals surface area (Å²) in [4.78, 5) is 17.7. The number of hydrogen-bond donors (Lipinski definition) is 1. The van der Waals surface area contributed by atoms with Crippen LogP contribution in [0.3, 0.4) is 0 Å². The highest BCUT2D eigenvalue weighted by molar-refractivity contribution is 8.13. The minimum Gasteiger partial charge on any atom is -0.478 e. The van der Waals surface area contributed by atoms with Crippen LogP contribution >= 0.6 is 11.8 Å². The Morgan fingerprint density at radius 3 is 2.57 bits per heavy atom. The maximum Gasteiger partial charge on any atom is 0.335 e. The first kappa shape index (κ1) is 15.6. The van der Waals surface area contributed by atoms with E-state index in [9.17, 15) is 4.79 Å². The highest BCUT2D eigenvalue weighted by Gasteiger charge is 2.16. The molecule has 1 aliphatic heterocycles. The third-order valence-corrected chi connectivity index (χ3v) is 4.42. The molecule has 1 fully saturated rings. The number of carbonyl (C=O) groups is 1. The van der Waals surface area contributed by atoms with Gasteiger partial charge in [0.05, 0.1) is 12.1 Å². The van der Waals surface area contributed by atoms with E-state index in [1.165, 1.54) is 12.8 Å². The number of aliphatic imine (C=N–C) groups is 1. The summed E-state index contributed by atoms with van der Waals surface area (Å²) < 4.78 is 0. The van der Waals surface area contributed by atoms with Crippen LogP contribution in [0.2, 0.25) is 0 Å². The maximum atomic E-state index is 10.8. The number of carboxylic acids is 1. The molecule has 4 nitrogen and oxygen atoms in total. The van der Waals surface area contributed by atoms with Crippen molar-refractivity contribution in [3.05, 3.63) is 48.0 Å². The predicted molar refractivity (Wildman–Crippen MR) is 88.0 cm³/mol. The lowest BCUT2D eigenvalue weighted by Gasteiger charge is -2.19. The van der Waals surface area contributed by atoms with Crippen molar-refractivity contribution >= 4 is 22.9 Å². The van der Waals surface area contributed by atoms with E-state index < -0.39 is 5.97 Å². The van der Waals surface area contributed by atoms with Gasteiger partial charge in [0, 0.05) is 18.8 Å². The lowest BCUT2D eigenvalue weighted by atomic mass is 10.1. The number of hydrogen-bond acceptors (Lipinski definition) is 3. The van der Waals surface area contributed by atoms with Gasteiger partial charge in [0.2, 0.25) is 0 Å². The van der Waals surface area contributed by atoms with Gasteiger partial charge in [0.15, 0.2) is 5.17 Å². The normalized spacial score (nSPS) is 15.2. The Labute approximate surface area is 129 Å². The van der Waals surface area contributed by atoms with Crippen LogP contribution in [0.4, 0.5) is 0 Å². The Morgan fingerprint density at radius 2 is 2.00 bits per heavy atom. The van der Waals surface area contributed by atoms with Gasteiger partial charge < -0.3 is 10.0 Å². The highest BCUT2D eigenvalue weighted by Crippen LogP contribution is 2.20. The molecular formula is C16H20N2O2S. The molecule has 1 saturated heterocycles. The standard InChI is InChI=1S/C16H20N2O2S/c1-2-9-17-16(18-10-3-4-11-18)21-12-13-5-7-14(8-6-13)15(19)20/h2,5-8H,1,3-4,9-12H2,(H,19,20). The van der Waals surface area contributed by atoms with Gasteiger partial charge in [-0.2, -0.15) is 0 Å². The molecule has 1 aromatic carbocycles. The molecule has 0 radical (unpaired) electrons. The molecule has 1 heterocycles. The monoisotopic (exact) mass is 304 g/mol. The second kappa shape index (κ2) is 7.88. The topological polar surface area (TPSA) is 52.9 Å². The number of carboxylic acid groups (broad SMARTS) is 1. The van der Waals surface area contributed by atoms with Crippen LogP contribution in [0.5, 0.6) is 0 Å². The summed E-state index contributed by atoms with van der Waals surface area (Å²) in [6.07, 6.45) is 4.25. The number of aromatic carboxylic acids is 1. The molecule has 0 aliphatic carbocycles. The molecule has 21 heavy (non-hydrogen) atoms. The summed E-state index contributed by atoms with van der Waals surface area (Å²) in [6, 6.07) is 7.03. The molecule has 0 bridgehead atoms. The van der Waals surface area contributed by atoms with Crippen LogP contribution in [0.1, 0.15) is 28.8 Å². The van der Waals surface area contributed by atoms with E-state index >= 15 is 0 Å². The predicted octanol–water partition coefficient (Wildman–Crippen LogP) is 3.26. The number of nitrogens with zero attached hydrogens (tertiary/aromatic N) is 2. The van der Waals surface area contributed by atoms with Crippen molar-refractivity contribution in [2.45, 2.75) is 18.6 Å². The molecule has 0 aromatic heterocycles. The van der Waals surface area contributed by atoms with Gasteiger partial charge in [-0.3, -0.25) is 4.99 Å². The van der Waals surface area contributed by atoms with Crippen LogP contribution in [0.25, 0.3) is 0 Å². The van der Waals surface area contributed by atoms with Crippen molar-refractivity contribution in [3.63, 3.8) is 0 Å². The first-order valence-electron chi connectivity index (χ1n) is 7.06. The number of likely N-dealkylation sites (tertiary alicyclic amines) is 1. The first-order chi connectivity index (χ1) is 10.2. The lowest BCUT2D eigenvalue weighted by molar-refractivity contribution is 0.0697. The molecule has 0 spiro atoms. The van der Waals surface area contributed by atoms with Gasteiger partial charge >= 0.3 is 5.97 Å². The van der Waals surface area contributed by atoms with E-state index in [1.54, 1.807) is 30.0 Å². The van der Waals surface area contributed by atoms with Crippen LogP contribution < -0.4 is 0 Å². The van der Waals surface area contributed by atoms with E-state index in [0.717, 1.165) is 29.6 Å². The van der Waals surface area contributed by atoms with Gasteiger partial charge in [-0.25, -0.2) is 4.79 Å². The van der Waals surface area contributed by atoms with Gasteiger partial charge in [0.25, 0.3) is 0 Å². The number of rotatable bonds is 5. The molecular weight excluding hydrogens is 284 g/mol. The highest BCUT2D eigenvalue weighted by atomic mass is 32.2. The number of amidine groups is 1. The van der Waals surface area contributed by atoms with Gasteiger partial charge in [0.1, 0.15) is 0 Å².